The topological polar surface area (TPSA) is 64.3 Å². The minimum Gasteiger partial charge on any atom is -0.495 e. The molecule has 4 nitrogen and oxygen atoms in total. The van der Waals surface area contributed by atoms with Crippen LogP contribution in [-0.2, 0) is 4.79 Å². The van der Waals surface area contributed by atoms with E-state index in [1.165, 1.54) is 6.20 Å². The number of ether oxygens (including phenoxy) is 1. The average molecular weight is 220 g/mol. The highest BCUT2D eigenvalue weighted by Crippen LogP contribution is 2.27. The van der Waals surface area contributed by atoms with Crippen molar-refractivity contribution >= 4 is 11.6 Å². The van der Waals surface area contributed by atoms with Gasteiger partial charge in [-0.05, 0) is 25.5 Å². The van der Waals surface area contributed by atoms with Crippen LogP contribution in [0.15, 0.2) is 30.0 Å². The van der Waals surface area contributed by atoms with Crippen molar-refractivity contribution in [3.05, 3.63) is 35.5 Å². The molecule has 0 aliphatic heterocycles. The lowest BCUT2D eigenvalue weighted by atomic mass is 10.1. The van der Waals surface area contributed by atoms with Gasteiger partial charge in [0.05, 0.1) is 12.8 Å². The molecule has 0 aliphatic carbocycles. The van der Waals surface area contributed by atoms with E-state index in [-0.39, 0.29) is 5.91 Å². The standard InChI is InChI=1S/C12H16N2O2/c1-8-5-4-6-10(16-3)11(8)14-12(15)9(2)7-13/h4-7H,13H2,1-3H3,(H,14,15)/b9-7+. The number of rotatable bonds is 3. The second-order valence-electron chi connectivity index (χ2n) is 3.46. The van der Waals surface area contributed by atoms with Crippen LogP contribution in [0.1, 0.15) is 12.5 Å². The van der Waals surface area contributed by atoms with Gasteiger partial charge >= 0.3 is 0 Å². The van der Waals surface area contributed by atoms with Crippen molar-refractivity contribution in [3.8, 4) is 5.75 Å². The van der Waals surface area contributed by atoms with Gasteiger partial charge in [0.15, 0.2) is 0 Å². The SMILES string of the molecule is COc1cccc(C)c1NC(=O)/C(C)=C/N. The summed E-state index contributed by atoms with van der Waals surface area (Å²) in [6.07, 6.45) is 1.28. The van der Waals surface area contributed by atoms with Gasteiger partial charge in [0.1, 0.15) is 5.75 Å². The molecule has 1 amide bonds. The van der Waals surface area contributed by atoms with Gasteiger partial charge in [-0.3, -0.25) is 4.79 Å². The average Bonchev–Trinajstić information content (AvgIpc) is 2.30. The van der Waals surface area contributed by atoms with Crippen LogP contribution in [0.3, 0.4) is 0 Å². The van der Waals surface area contributed by atoms with Crippen LogP contribution < -0.4 is 15.8 Å². The molecule has 0 saturated heterocycles. The number of carbonyl (C=O) groups excluding carboxylic acids is 1. The number of nitrogens with one attached hydrogen (secondary N) is 1. The molecular formula is C12H16N2O2. The zero-order valence-electron chi connectivity index (χ0n) is 9.70. The van der Waals surface area contributed by atoms with Gasteiger partial charge in [-0.2, -0.15) is 0 Å². The Morgan fingerprint density at radius 1 is 1.50 bits per heavy atom. The highest BCUT2D eigenvalue weighted by molar-refractivity contribution is 6.04. The number of methoxy groups -OCH3 is 1. The zero-order valence-corrected chi connectivity index (χ0v) is 9.70. The number of aryl methyl sites for hydroxylation is 1. The number of carbonyl (C=O) groups is 1. The number of nitrogens with two attached hydrogens (primary N) is 1. The number of para-hydroxylation sites is 1. The highest BCUT2D eigenvalue weighted by Gasteiger charge is 2.10. The summed E-state index contributed by atoms with van der Waals surface area (Å²) in [5.74, 6) is 0.410. The molecule has 0 heterocycles. The van der Waals surface area contributed by atoms with Crippen molar-refractivity contribution in [2.24, 2.45) is 5.73 Å². The lowest BCUT2D eigenvalue weighted by Crippen LogP contribution is -2.15. The first-order valence-electron chi connectivity index (χ1n) is 4.93. The van der Waals surface area contributed by atoms with E-state index in [4.69, 9.17) is 10.5 Å². The van der Waals surface area contributed by atoms with Crippen molar-refractivity contribution in [1.82, 2.24) is 0 Å². The second-order valence-corrected chi connectivity index (χ2v) is 3.46. The van der Waals surface area contributed by atoms with E-state index in [1.807, 2.05) is 19.1 Å². The molecule has 4 heteroatoms. The third-order valence-corrected chi connectivity index (χ3v) is 2.30. The fourth-order valence-electron chi connectivity index (χ4n) is 1.26. The lowest BCUT2D eigenvalue weighted by Gasteiger charge is -2.12. The van der Waals surface area contributed by atoms with Gasteiger partial charge < -0.3 is 15.8 Å². The first-order valence-corrected chi connectivity index (χ1v) is 4.93. The summed E-state index contributed by atoms with van der Waals surface area (Å²) in [4.78, 5) is 11.6. The molecule has 0 unspecified atom stereocenters. The molecule has 0 aliphatic rings. The van der Waals surface area contributed by atoms with Gasteiger partial charge in [0.25, 0.3) is 5.91 Å². The van der Waals surface area contributed by atoms with Crippen LogP contribution >= 0.6 is 0 Å². The molecule has 0 bridgehead atoms. The van der Waals surface area contributed by atoms with Gasteiger partial charge in [-0.1, -0.05) is 12.1 Å². The summed E-state index contributed by atoms with van der Waals surface area (Å²) in [7, 11) is 1.57. The number of anilines is 1. The van der Waals surface area contributed by atoms with E-state index in [2.05, 4.69) is 5.32 Å². The fraction of sp³-hybridized carbons (Fsp3) is 0.250. The lowest BCUT2D eigenvalue weighted by molar-refractivity contribution is -0.112. The fourth-order valence-corrected chi connectivity index (χ4v) is 1.26. The predicted molar refractivity (Wildman–Crippen MR) is 64.3 cm³/mol. The Hall–Kier alpha value is -1.97. The molecule has 1 aromatic carbocycles. The second kappa shape index (κ2) is 5.21. The quantitative estimate of drug-likeness (QED) is 0.763. The van der Waals surface area contributed by atoms with E-state index in [0.29, 0.717) is 17.0 Å². The van der Waals surface area contributed by atoms with Crippen LogP contribution in [0.4, 0.5) is 5.69 Å². The number of hydrogen-bond donors (Lipinski definition) is 2. The van der Waals surface area contributed by atoms with Crippen molar-refractivity contribution in [2.75, 3.05) is 12.4 Å². The maximum Gasteiger partial charge on any atom is 0.252 e. The number of benzene rings is 1. The maximum absolute atomic E-state index is 11.6. The summed E-state index contributed by atoms with van der Waals surface area (Å²) < 4.78 is 5.17. The summed E-state index contributed by atoms with van der Waals surface area (Å²) >= 11 is 0. The Morgan fingerprint density at radius 3 is 2.75 bits per heavy atom. The molecule has 3 N–H and O–H groups in total. The van der Waals surface area contributed by atoms with Crippen molar-refractivity contribution in [3.63, 3.8) is 0 Å². The molecule has 0 aromatic heterocycles. The Bertz CT molecular complexity index is 425. The van der Waals surface area contributed by atoms with E-state index in [1.54, 1.807) is 20.1 Å². The third kappa shape index (κ3) is 2.53. The minimum absolute atomic E-state index is 0.227. The Labute approximate surface area is 95.1 Å². The Morgan fingerprint density at radius 2 is 2.19 bits per heavy atom. The van der Waals surface area contributed by atoms with Crippen molar-refractivity contribution < 1.29 is 9.53 Å². The van der Waals surface area contributed by atoms with Crippen molar-refractivity contribution in [1.29, 1.82) is 0 Å². The third-order valence-electron chi connectivity index (χ3n) is 2.30. The molecule has 1 aromatic rings. The van der Waals surface area contributed by atoms with Crippen LogP contribution in [0.5, 0.6) is 5.75 Å². The predicted octanol–water partition coefficient (Wildman–Crippen LogP) is 1.80. The van der Waals surface area contributed by atoms with Crippen LogP contribution in [-0.4, -0.2) is 13.0 Å². The summed E-state index contributed by atoms with van der Waals surface area (Å²) in [6.45, 7) is 3.56. The smallest absolute Gasteiger partial charge is 0.252 e. The molecule has 16 heavy (non-hydrogen) atoms. The minimum atomic E-state index is -0.227. The zero-order chi connectivity index (χ0) is 12.1. The van der Waals surface area contributed by atoms with Gasteiger partial charge in [0, 0.05) is 11.8 Å². The Kier molecular flexibility index (Phi) is 3.94. The normalized spacial score (nSPS) is 11.1. The molecule has 86 valence electrons. The molecule has 1 rings (SSSR count). The summed E-state index contributed by atoms with van der Waals surface area (Å²) in [5.41, 5.74) is 7.36. The Balaban J connectivity index is 3.01. The maximum atomic E-state index is 11.6. The monoisotopic (exact) mass is 220 g/mol. The van der Waals surface area contributed by atoms with Gasteiger partial charge in [-0.25, -0.2) is 0 Å². The van der Waals surface area contributed by atoms with Crippen LogP contribution in [0.25, 0.3) is 0 Å². The number of amides is 1. The van der Waals surface area contributed by atoms with Gasteiger partial charge in [-0.15, -0.1) is 0 Å². The van der Waals surface area contributed by atoms with Crippen molar-refractivity contribution in [2.45, 2.75) is 13.8 Å². The molecule has 0 spiro atoms. The first-order chi connectivity index (χ1) is 7.60. The van der Waals surface area contributed by atoms with Crippen LogP contribution in [0, 0.1) is 6.92 Å². The van der Waals surface area contributed by atoms with E-state index in [9.17, 15) is 4.79 Å². The van der Waals surface area contributed by atoms with E-state index < -0.39 is 0 Å². The molecule has 0 radical (unpaired) electrons. The summed E-state index contributed by atoms with van der Waals surface area (Å²) in [6, 6.07) is 5.57. The molecule has 0 fully saturated rings. The number of hydrogen-bond acceptors (Lipinski definition) is 3. The molecular weight excluding hydrogens is 204 g/mol. The van der Waals surface area contributed by atoms with Crippen LogP contribution in [0.2, 0.25) is 0 Å². The first kappa shape index (κ1) is 12.1. The van der Waals surface area contributed by atoms with Gasteiger partial charge in [0.2, 0.25) is 0 Å². The van der Waals surface area contributed by atoms with E-state index >= 15 is 0 Å². The molecule has 0 saturated carbocycles. The molecule has 0 atom stereocenters. The summed E-state index contributed by atoms with van der Waals surface area (Å²) in [5, 5.41) is 2.77. The highest BCUT2D eigenvalue weighted by atomic mass is 16.5. The van der Waals surface area contributed by atoms with E-state index in [0.717, 1.165) is 5.56 Å². The largest absolute Gasteiger partial charge is 0.495 e.